The Labute approximate surface area is 147 Å². The lowest BCUT2D eigenvalue weighted by Crippen LogP contribution is -2.53. The van der Waals surface area contributed by atoms with Gasteiger partial charge in [-0.2, -0.15) is 0 Å². The number of benzene rings is 1. The zero-order chi connectivity index (χ0) is 18.6. The zero-order valence-corrected chi connectivity index (χ0v) is 15.1. The molecule has 1 amide bonds. The number of carbonyl (C=O) groups is 2. The fraction of sp³-hybridized carbons (Fsp3) is 0.556. The maximum Gasteiger partial charge on any atom is 0.410 e. The second-order valence-corrected chi connectivity index (χ2v) is 7.10. The Hall–Kier alpha value is -2.15. The van der Waals surface area contributed by atoms with Gasteiger partial charge in [0.05, 0.1) is 18.2 Å². The SMILES string of the molecule is CN(C(=O)OC(C)(C)C)C1CCN(OC(=O)c2ccccc2)CC1F. The van der Waals surface area contributed by atoms with E-state index in [1.54, 1.807) is 51.1 Å². The van der Waals surface area contributed by atoms with Crippen molar-refractivity contribution < 1.29 is 23.6 Å². The molecule has 1 aromatic carbocycles. The van der Waals surface area contributed by atoms with Crippen LogP contribution in [0.4, 0.5) is 9.18 Å². The molecule has 1 aromatic rings. The second-order valence-electron chi connectivity index (χ2n) is 7.10. The first kappa shape index (κ1) is 19.2. The van der Waals surface area contributed by atoms with Crippen LogP contribution in [0.5, 0.6) is 0 Å². The molecule has 1 aliphatic heterocycles. The first-order valence-corrected chi connectivity index (χ1v) is 8.29. The Morgan fingerprint density at radius 2 is 1.88 bits per heavy atom. The van der Waals surface area contributed by atoms with Crippen molar-refractivity contribution >= 4 is 12.1 Å². The van der Waals surface area contributed by atoms with Gasteiger partial charge in [-0.3, -0.25) is 0 Å². The van der Waals surface area contributed by atoms with Gasteiger partial charge in [-0.25, -0.2) is 14.0 Å². The molecule has 1 aliphatic rings. The summed E-state index contributed by atoms with van der Waals surface area (Å²) in [5.41, 5.74) is -0.228. The first-order chi connectivity index (χ1) is 11.7. The van der Waals surface area contributed by atoms with Crippen LogP contribution >= 0.6 is 0 Å². The smallest absolute Gasteiger partial charge is 0.410 e. The fourth-order valence-electron chi connectivity index (χ4n) is 2.60. The Morgan fingerprint density at radius 3 is 2.44 bits per heavy atom. The van der Waals surface area contributed by atoms with Gasteiger partial charge in [0.25, 0.3) is 0 Å². The minimum Gasteiger partial charge on any atom is -0.444 e. The van der Waals surface area contributed by atoms with Gasteiger partial charge in [-0.15, -0.1) is 5.06 Å². The summed E-state index contributed by atoms with van der Waals surface area (Å²) < 4.78 is 19.8. The summed E-state index contributed by atoms with van der Waals surface area (Å²) in [5.74, 6) is -0.522. The van der Waals surface area contributed by atoms with Gasteiger partial charge in [0.15, 0.2) is 0 Å². The quantitative estimate of drug-likeness (QED) is 0.837. The highest BCUT2D eigenvalue weighted by atomic mass is 19.1. The molecule has 0 N–H and O–H groups in total. The molecule has 0 spiro atoms. The van der Waals surface area contributed by atoms with Crippen molar-refractivity contribution in [3.05, 3.63) is 35.9 Å². The highest BCUT2D eigenvalue weighted by Crippen LogP contribution is 2.21. The molecule has 2 unspecified atom stereocenters. The van der Waals surface area contributed by atoms with E-state index in [-0.39, 0.29) is 6.54 Å². The van der Waals surface area contributed by atoms with Gasteiger partial charge in [0, 0.05) is 13.6 Å². The van der Waals surface area contributed by atoms with Crippen LogP contribution in [0.2, 0.25) is 0 Å². The van der Waals surface area contributed by atoms with Gasteiger partial charge < -0.3 is 14.5 Å². The van der Waals surface area contributed by atoms with E-state index in [2.05, 4.69) is 0 Å². The second kappa shape index (κ2) is 7.82. The summed E-state index contributed by atoms with van der Waals surface area (Å²) in [4.78, 5) is 30.6. The molecule has 2 rings (SSSR count). The van der Waals surface area contributed by atoms with Crippen molar-refractivity contribution in [3.8, 4) is 0 Å². The number of halogens is 1. The summed E-state index contributed by atoms with van der Waals surface area (Å²) >= 11 is 0. The molecule has 0 aromatic heterocycles. The monoisotopic (exact) mass is 352 g/mol. The summed E-state index contributed by atoms with van der Waals surface area (Å²) in [7, 11) is 1.52. The van der Waals surface area contributed by atoms with E-state index < -0.39 is 29.9 Å². The maximum absolute atomic E-state index is 14.5. The molecule has 138 valence electrons. The molecule has 6 nitrogen and oxygen atoms in total. The van der Waals surface area contributed by atoms with Crippen LogP contribution in [0.25, 0.3) is 0 Å². The molecule has 0 radical (unpaired) electrons. The molecule has 7 heteroatoms. The minimum atomic E-state index is -1.34. The number of alkyl halides is 1. The number of ether oxygens (including phenoxy) is 1. The number of carbonyl (C=O) groups excluding carboxylic acids is 2. The van der Waals surface area contributed by atoms with E-state index >= 15 is 0 Å². The number of hydroxylamine groups is 2. The third kappa shape index (κ3) is 5.42. The number of piperidine rings is 1. The molecule has 0 saturated carbocycles. The van der Waals surface area contributed by atoms with E-state index in [0.29, 0.717) is 18.5 Å². The zero-order valence-electron chi connectivity index (χ0n) is 15.1. The predicted molar refractivity (Wildman–Crippen MR) is 90.7 cm³/mol. The fourth-order valence-corrected chi connectivity index (χ4v) is 2.60. The van der Waals surface area contributed by atoms with Crippen LogP contribution in [0.1, 0.15) is 37.6 Å². The summed E-state index contributed by atoms with van der Waals surface area (Å²) in [6.45, 7) is 5.54. The van der Waals surface area contributed by atoms with Crippen molar-refractivity contribution in [2.75, 3.05) is 20.1 Å². The highest BCUT2D eigenvalue weighted by Gasteiger charge is 2.37. The van der Waals surface area contributed by atoms with Crippen molar-refractivity contribution in [1.29, 1.82) is 0 Å². The van der Waals surface area contributed by atoms with E-state index in [1.807, 2.05) is 0 Å². The van der Waals surface area contributed by atoms with E-state index in [0.717, 1.165) is 0 Å². The molecule has 1 saturated heterocycles. The van der Waals surface area contributed by atoms with Crippen LogP contribution in [0.3, 0.4) is 0 Å². The molecular weight excluding hydrogens is 327 g/mol. The number of rotatable bonds is 3. The Kier molecular flexibility index (Phi) is 6.00. The number of hydrogen-bond acceptors (Lipinski definition) is 5. The molecule has 25 heavy (non-hydrogen) atoms. The normalized spacial score (nSPS) is 21.5. The van der Waals surface area contributed by atoms with Crippen molar-refractivity contribution in [2.24, 2.45) is 0 Å². The number of nitrogens with zero attached hydrogens (tertiary/aromatic N) is 2. The average Bonchev–Trinajstić information content (AvgIpc) is 2.53. The third-order valence-electron chi connectivity index (χ3n) is 3.87. The van der Waals surface area contributed by atoms with Crippen molar-refractivity contribution in [3.63, 3.8) is 0 Å². The first-order valence-electron chi connectivity index (χ1n) is 8.29. The lowest BCUT2D eigenvalue weighted by atomic mass is 10.0. The topological polar surface area (TPSA) is 59.1 Å². The molecule has 1 heterocycles. The number of hydrogen-bond donors (Lipinski definition) is 0. The van der Waals surface area contributed by atoms with Crippen molar-refractivity contribution in [1.82, 2.24) is 9.96 Å². The van der Waals surface area contributed by atoms with Gasteiger partial charge in [-0.1, -0.05) is 18.2 Å². The third-order valence-corrected chi connectivity index (χ3v) is 3.87. The van der Waals surface area contributed by atoms with E-state index in [9.17, 15) is 14.0 Å². The average molecular weight is 352 g/mol. The van der Waals surface area contributed by atoms with Crippen LogP contribution in [0.15, 0.2) is 30.3 Å². The van der Waals surface area contributed by atoms with Gasteiger partial charge >= 0.3 is 12.1 Å². The van der Waals surface area contributed by atoms with Gasteiger partial charge in [0.1, 0.15) is 11.8 Å². The van der Waals surface area contributed by atoms with E-state index in [4.69, 9.17) is 9.57 Å². The Bertz CT molecular complexity index is 603. The Balaban J connectivity index is 1.89. The summed E-state index contributed by atoms with van der Waals surface area (Å²) in [5, 5.41) is 1.30. The van der Waals surface area contributed by atoms with Gasteiger partial charge in [0.2, 0.25) is 0 Å². The summed E-state index contributed by atoms with van der Waals surface area (Å²) in [6, 6.07) is 7.93. The minimum absolute atomic E-state index is 0.0869. The van der Waals surface area contributed by atoms with Gasteiger partial charge in [-0.05, 0) is 39.3 Å². The molecule has 0 bridgehead atoms. The standard InChI is InChI=1S/C18H25FN2O4/c1-18(2,3)24-17(23)20(4)15-10-11-21(12-14(15)19)25-16(22)13-8-6-5-7-9-13/h5-9,14-15H,10-12H2,1-4H3. The molecule has 1 fully saturated rings. The predicted octanol–water partition coefficient (Wildman–Crippen LogP) is 3.04. The van der Waals surface area contributed by atoms with Crippen LogP contribution < -0.4 is 0 Å². The molecule has 0 aliphatic carbocycles. The number of amides is 1. The van der Waals surface area contributed by atoms with E-state index in [1.165, 1.54) is 17.0 Å². The molecule has 2 atom stereocenters. The Morgan fingerprint density at radius 1 is 1.24 bits per heavy atom. The largest absolute Gasteiger partial charge is 0.444 e. The lowest BCUT2D eigenvalue weighted by Gasteiger charge is -2.38. The lowest BCUT2D eigenvalue weighted by molar-refractivity contribution is -0.144. The van der Waals surface area contributed by atoms with Crippen LogP contribution in [0, 0.1) is 0 Å². The van der Waals surface area contributed by atoms with Crippen molar-refractivity contribution in [2.45, 2.75) is 45.0 Å². The maximum atomic E-state index is 14.5. The molecular formula is C18H25FN2O4. The highest BCUT2D eigenvalue weighted by molar-refractivity contribution is 5.89. The van der Waals surface area contributed by atoms with Crippen LogP contribution in [-0.4, -0.2) is 60.0 Å². The summed E-state index contributed by atoms with van der Waals surface area (Å²) in [6.07, 6.45) is -1.55. The van der Waals surface area contributed by atoms with Crippen LogP contribution in [-0.2, 0) is 9.57 Å².